The number of amides is 1. The highest BCUT2D eigenvalue weighted by Gasteiger charge is 2.21. The fourth-order valence-corrected chi connectivity index (χ4v) is 1.84. The molecule has 0 aromatic heterocycles. The van der Waals surface area contributed by atoms with Gasteiger partial charge >= 0.3 is 0 Å². The summed E-state index contributed by atoms with van der Waals surface area (Å²) in [5.41, 5.74) is 1.70. The lowest BCUT2D eigenvalue weighted by Crippen LogP contribution is -2.42. The van der Waals surface area contributed by atoms with Crippen molar-refractivity contribution in [3.63, 3.8) is 0 Å². The van der Waals surface area contributed by atoms with Crippen LogP contribution in [0.15, 0.2) is 24.3 Å². The number of benzene rings is 1. The Morgan fingerprint density at radius 3 is 2.05 bits per heavy atom. The maximum atomic E-state index is 12.1. The summed E-state index contributed by atoms with van der Waals surface area (Å²) in [5.74, 6) is 0.0416. The highest BCUT2D eigenvalue weighted by Crippen LogP contribution is 2.10. The van der Waals surface area contributed by atoms with Crippen LogP contribution < -0.4 is 5.32 Å². The summed E-state index contributed by atoms with van der Waals surface area (Å²) in [6, 6.07) is 6.76. The van der Waals surface area contributed by atoms with Crippen molar-refractivity contribution >= 4 is 11.7 Å². The highest BCUT2D eigenvalue weighted by atomic mass is 16.3. The Balaban J connectivity index is 2.56. The van der Waals surface area contributed by atoms with Gasteiger partial charge in [0.1, 0.15) is 0 Å². The van der Waals surface area contributed by atoms with E-state index in [-0.39, 0.29) is 36.6 Å². The van der Waals surface area contributed by atoms with Crippen molar-refractivity contribution in [1.82, 2.24) is 5.32 Å². The number of nitrogens with one attached hydrogen (secondary N) is 1. The predicted molar refractivity (Wildman–Crippen MR) is 82.7 cm³/mol. The highest BCUT2D eigenvalue weighted by molar-refractivity contribution is 5.90. The third-order valence-electron chi connectivity index (χ3n) is 3.84. The van der Waals surface area contributed by atoms with Crippen molar-refractivity contribution in [3.8, 4) is 0 Å². The van der Waals surface area contributed by atoms with E-state index < -0.39 is 6.04 Å². The van der Waals surface area contributed by atoms with E-state index in [9.17, 15) is 9.59 Å². The van der Waals surface area contributed by atoms with Gasteiger partial charge in [0, 0.05) is 12.3 Å². The average Bonchev–Trinajstić information content (AvgIpc) is 2.46. The summed E-state index contributed by atoms with van der Waals surface area (Å²) in [5, 5.41) is 11.8. The van der Waals surface area contributed by atoms with E-state index >= 15 is 0 Å². The number of ketones is 1. The van der Waals surface area contributed by atoms with Crippen molar-refractivity contribution in [2.24, 2.45) is 11.8 Å². The van der Waals surface area contributed by atoms with Gasteiger partial charge in [0.25, 0.3) is 0 Å². The van der Waals surface area contributed by atoms with E-state index in [1.807, 2.05) is 32.9 Å². The molecule has 0 aliphatic rings. The fourth-order valence-electron chi connectivity index (χ4n) is 1.84. The van der Waals surface area contributed by atoms with Gasteiger partial charge < -0.3 is 10.4 Å². The zero-order chi connectivity index (χ0) is 16.0. The molecule has 1 aromatic rings. The number of carbonyl (C=O) groups excluding carboxylic acids is 2. The molecule has 0 aliphatic carbocycles. The summed E-state index contributed by atoms with van der Waals surface area (Å²) in [7, 11) is 0. The molecule has 0 heterocycles. The predicted octanol–water partition coefficient (Wildman–Crippen LogP) is 2.09. The van der Waals surface area contributed by atoms with Gasteiger partial charge in [0.2, 0.25) is 5.91 Å². The third-order valence-corrected chi connectivity index (χ3v) is 3.84. The number of hydrogen-bond acceptors (Lipinski definition) is 3. The van der Waals surface area contributed by atoms with E-state index in [0.29, 0.717) is 0 Å². The van der Waals surface area contributed by atoms with Gasteiger partial charge in [0.15, 0.2) is 5.78 Å². The molecule has 2 atom stereocenters. The van der Waals surface area contributed by atoms with Crippen LogP contribution in [0.25, 0.3) is 0 Å². The lowest BCUT2D eigenvalue weighted by molar-refractivity contribution is -0.130. The van der Waals surface area contributed by atoms with E-state index in [1.165, 1.54) is 0 Å². The molecule has 21 heavy (non-hydrogen) atoms. The first-order valence-corrected chi connectivity index (χ1v) is 7.37. The van der Waals surface area contributed by atoms with E-state index in [4.69, 9.17) is 5.11 Å². The van der Waals surface area contributed by atoms with Gasteiger partial charge in [-0.1, -0.05) is 45.0 Å². The van der Waals surface area contributed by atoms with Crippen LogP contribution in [0.1, 0.15) is 38.8 Å². The number of hydrogen-bond donors (Lipinski definition) is 2. The molecule has 116 valence electrons. The minimum Gasteiger partial charge on any atom is -0.392 e. The second-order valence-corrected chi connectivity index (χ2v) is 5.88. The molecule has 4 heteroatoms. The maximum absolute atomic E-state index is 12.1. The summed E-state index contributed by atoms with van der Waals surface area (Å²) in [4.78, 5) is 24.1. The molecule has 2 N–H and O–H groups in total. The molecule has 0 radical (unpaired) electrons. The molecule has 0 bridgehead atoms. The van der Waals surface area contributed by atoms with Crippen LogP contribution in [0.2, 0.25) is 0 Å². The third kappa shape index (κ3) is 5.31. The molecule has 0 saturated heterocycles. The van der Waals surface area contributed by atoms with Crippen LogP contribution in [0, 0.1) is 11.8 Å². The zero-order valence-electron chi connectivity index (χ0n) is 13.2. The average molecular weight is 291 g/mol. The van der Waals surface area contributed by atoms with E-state index in [0.717, 1.165) is 11.1 Å². The fraction of sp³-hybridized carbons (Fsp3) is 0.529. The summed E-state index contributed by atoms with van der Waals surface area (Å²) in [6.45, 7) is 7.55. The second kappa shape index (κ2) is 7.93. The largest absolute Gasteiger partial charge is 0.392 e. The summed E-state index contributed by atoms with van der Waals surface area (Å²) >= 11 is 0. The van der Waals surface area contributed by atoms with Crippen LogP contribution in [0.4, 0.5) is 0 Å². The Hall–Kier alpha value is -1.68. The molecule has 1 rings (SSSR count). The Bertz CT molecular complexity index is 479. The van der Waals surface area contributed by atoms with E-state index in [1.54, 1.807) is 19.1 Å². The number of carbonyl (C=O) groups is 2. The van der Waals surface area contributed by atoms with Crippen molar-refractivity contribution < 1.29 is 14.7 Å². The van der Waals surface area contributed by atoms with Crippen molar-refractivity contribution in [2.45, 2.75) is 46.8 Å². The van der Waals surface area contributed by atoms with Gasteiger partial charge in [0.05, 0.1) is 12.6 Å². The van der Waals surface area contributed by atoms with Crippen LogP contribution in [-0.2, 0) is 22.6 Å². The van der Waals surface area contributed by atoms with Gasteiger partial charge in [-0.25, -0.2) is 0 Å². The number of rotatable bonds is 7. The Labute approximate surface area is 126 Å². The standard InChI is InChI=1S/C17H25NO3/c1-11(2)12(3)17(21)18-13(4)16(20)9-14-5-7-15(10-19)8-6-14/h5-8,11-13,19H,9-10H2,1-4H3,(H,18,21)/t12?,13-/m0/s1. The summed E-state index contributed by atoms with van der Waals surface area (Å²) in [6.07, 6.45) is 0.281. The minimum absolute atomic E-state index is 0.00617. The van der Waals surface area contributed by atoms with Crippen molar-refractivity contribution in [2.75, 3.05) is 0 Å². The van der Waals surface area contributed by atoms with Crippen LogP contribution in [0.3, 0.4) is 0 Å². The Kier molecular flexibility index (Phi) is 6.56. The van der Waals surface area contributed by atoms with Crippen LogP contribution >= 0.6 is 0 Å². The Morgan fingerprint density at radius 1 is 1.05 bits per heavy atom. The first-order valence-electron chi connectivity index (χ1n) is 7.37. The maximum Gasteiger partial charge on any atom is 0.223 e. The topological polar surface area (TPSA) is 66.4 Å². The molecule has 0 fully saturated rings. The number of aliphatic hydroxyl groups excluding tert-OH is 1. The lowest BCUT2D eigenvalue weighted by atomic mass is 9.96. The molecule has 4 nitrogen and oxygen atoms in total. The molecule has 0 spiro atoms. The van der Waals surface area contributed by atoms with Gasteiger partial charge in [-0.15, -0.1) is 0 Å². The smallest absolute Gasteiger partial charge is 0.223 e. The number of Topliss-reactive ketones (excluding diaryl/α,β-unsaturated/α-hetero) is 1. The van der Waals surface area contributed by atoms with Crippen molar-refractivity contribution in [3.05, 3.63) is 35.4 Å². The summed E-state index contributed by atoms with van der Waals surface area (Å²) < 4.78 is 0. The lowest BCUT2D eigenvalue weighted by Gasteiger charge is -2.19. The molecule has 1 amide bonds. The molecule has 0 saturated carbocycles. The monoisotopic (exact) mass is 291 g/mol. The van der Waals surface area contributed by atoms with Gasteiger partial charge in [-0.2, -0.15) is 0 Å². The quantitative estimate of drug-likeness (QED) is 0.808. The Morgan fingerprint density at radius 2 is 1.57 bits per heavy atom. The molecular weight excluding hydrogens is 266 g/mol. The van der Waals surface area contributed by atoms with Crippen LogP contribution in [0.5, 0.6) is 0 Å². The first kappa shape index (κ1) is 17.4. The molecule has 1 unspecified atom stereocenters. The normalized spacial score (nSPS) is 13.8. The molecule has 1 aromatic carbocycles. The molecular formula is C17H25NO3. The van der Waals surface area contributed by atoms with E-state index in [2.05, 4.69) is 5.32 Å². The zero-order valence-corrected chi connectivity index (χ0v) is 13.2. The SMILES string of the molecule is CC(C)C(C)C(=O)N[C@@H](C)C(=O)Cc1ccc(CO)cc1. The minimum atomic E-state index is -0.490. The molecule has 0 aliphatic heterocycles. The van der Waals surface area contributed by atoms with Crippen molar-refractivity contribution in [1.29, 1.82) is 0 Å². The van der Waals surface area contributed by atoms with Gasteiger partial charge in [-0.05, 0) is 24.0 Å². The number of aliphatic hydroxyl groups is 1. The second-order valence-electron chi connectivity index (χ2n) is 5.88. The van der Waals surface area contributed by atoms with Crippen LogP contribution in [-0.4, -0.2) is 22.8 Å². The first-order chi connectivity index (χ1) is 9.85. The van der Waals surface area contributed by atoms with Gasteiger partial charge in [-0.3, -0.25) is 9.59 Å².